The first-order chi connectivity index (χ1) is 11.4. The van der Waals surface area contributed by atoms with Gasteiger partial charge in [-0.05, 0) is 43.5 Å². The van der Waals surface area contributed by atoms with E-state index in [2.05, 4.69) is 0 Å². The van der Waals surface area contributed by atoms with Crippen LogP contribution in [-0.4, -0.2) is 48.2 Å². The van der Waals surface area contributed by atoms with Crippen molar-refractivity contribution in [2.24, 2.45) is 11.3 Å². The number of carbonyl (C=O) groups excluding carboxylic acids is 1. The fraction of sp³-hybridized carbons (Fsp3) is 0.556. The second-order valence-corrected chi connectivity index (χ2v) is 6.37. The number of nitrogens with zero attached hydrogens (tertiary/aromatic N) is 1. The maximum absolute atomic E-state index is 12.3. The second-order valence-electron chi connectivity index (χ2n) is 6.37. The maximum Gasteiger partial charge on any atom is 0.311 e. The summed E-state index contributed by atoms with van der Waals surface area (Å²) in [5.74, 6) is 0.283. The Kier molecular flexibility index (Phi) is 5.70. The van der Waals surface area contributed by atoms with Crippen molar-refractivity contribution < 1.29 is 24.2 Å². The topological polar surface area (TPSA) is 76.1 Å². The Morgan fingerprint density at radius 2 is 1.79 bits per heavy atom. The third kappa shape index (κ3) is 3.80. The highest BCUT2D eigenvalue weighted by molar-refractivity contribution is 5.81. The van der Waals surface area contributed by atoms with E-state index in [1.165, 1.54) is 0 Å². The molecule has 24 heavy (non-hydrogen) atoms. The molecule has 1 heterocycles. The van der Waals surface area contributed by atoms with Crippen molar-refractivity contribution in [2.45, 2.75) is 27.2 Å². The molecular weight excluding hydrogens is 310 g/mol. The third-order valence-electron chi connectivity index (χ3n) is 4.68. The predicted octanol–water partition coefficient (Wildman–Crippen LogP) is 2.42. The first kappa shape index (κ1) is 18.1. The van der Waals surface area contributed by atoms with Crippen molar-refractivity contribution >= 4 is 11.9 Å². The van der Waals surface area contributed by atoms with Crippen molar-refractivity contribution in [3.63, 3.8) is 0 Å². The van der Waals surface area contributed by atoms with Crippen LogP contribution in [0.25, 0.3) is 0 Å². The third-order valence-corrected chi connectivity index (χ3v) is 4.68. The molecular formula is C18H25NO5. The van der Waals surface area contributed by atoms with E-state index >= 15 is 0 Å². The molecule has 0 radical (unpaired) electrons. The van der Waals surface area contributed by atoms with Gasteiger partial charge in [0, 0.05) is 13.1 Å². The molecule has 0 bridgehead atoms. The Bertz CT molecular complexity index is 584. The fourth-order valence-electron chi connectivity index (χ4n) is 2.97. The predicted molar refractivity (Wildman–Crippen MR) is 89.2 cm³/mol. The minimum atomic E-state index is -0.852. The van der Waals surface area contributed by atoms with Crippen LogP contribution in [0.3, 0.4) is 0 Å². The molecule has 1 aliphatic heterocycles. The SMILES string of the molecule is CCOc1ccc(OCC(=O)N2CCC(C(=O)O)(C(C)C)C2)cc1. The molecule has 1 unspecified atom stereocenters. The number of carbonyl (C=O) groups is 2. The average Bonchev–Trinajstić information content (AvgIpc) is 3.01. The van der Waals surface area contributed by atoms with Gasteiger partial charge in [0.1, 0.15) is 11.5 Å². The van der Waals surface area contributed by atoms with Gasteiger partial charge < -0.3 is 19.5 Å². The number of carboxylic acid groups (broad SMARTS) is 1. The van der Waals surface area contributed by atoms with E-state index in [4.69, 9.17) is 9.47 Å². The van der Waals surface area contributed by atoms with Gasteiger partial charge in [0.15, 0.2) is 6.61 Å². The lowest BCUT2D eigenvalue weighted by Crippen LogP contribution is -2.41. The van der Waals surface area contributed by atoms with Gasteiger partial charge in [-0.3, -0.25) is 9.59 Å². The first-order valence-electron chi connectivity index (χ1n) is 8.26. The summed E-state index contributed by atoms with van der Waals surface area (Å²) >= 11 is 0. The average molecular weight is 335 g/mol. The lowest BCUT2D eigenvalue weighted by Gasteiger charge is -2.28. The molecule has 1 aliphatic rings. The van der Waals surface area contributed by atoms with Crippen LogP contribution in [0.15, 0.2) is 24.3 Å². The molecule has 0 saturated carbocycles. The van der Waals surface area contributed by atoms with Crippen molar-refractivity contribution in [3.05, 3.63) is 24.3 Å². The number of ether oxygens (including phenoxy) is 2. The van der Waals surface area contributed by atoms with Crippen LogP contribution in [-0.2, 0) is 9.59 Å². The zero-order valence-electron chi connectivity index (χ0n) is 14.4. The minimum absolute atomic E-state index is 0.0279. The summed E-state index contributed by atoms with van der Waals surface area (Å²) in [4.78, 5) is 25.5. The molecule has 1 N–H and O–H groups in total. The summed E-state index contributed by atoms with van der Waals surface area (Å²) in [6, 6.07) is 7.07. The summed E-state index contributed by atoms with van der Waals surface area (Å²) in [7, 11) is 0. The largest absolute Gasteiger partial charge is 0.494 e. The van der Waals surface area contributed by atoms with Gasteiger partial charge in [0.05, 0.1) is 12.0 Å². The van der Waals surface area contributed by atoms with Gasteiger partial charge in [-0.25, -0.2) is 0 Å². The Morgan fingerprint density at radius 1 is 1.21 bits per heavy atom. The molecule has 1 atom stereocenters. The smallest absolute Gasteiger partial charge is 0.311 e. The van der Waals surface area contributed by atoms with Crippen LogP contribution in [0.2, 0.25) is 0 Å². The molecule has 1 amide bonds. The molecule has 0 aliphatic carbocycles. The number of hydrogen-bond donors (Lipinski definition) is 1. The number of benzene rings is 1. The molecule has 1 saturated heterocycles. The van der Waals surface area contributed by atoms with E-state index in [1.807, 2.05) is 20.8 Å². The quantitative estimate of drug-likeness (QED) is 0.828. The number of carboxylic acids is 1. The Labute approximate surface area is 142 Å². The van der Waals surface area contributed by atoms with Crippen LogP contribution in [0, 0.1) is 11.3 Å². The van der Waals surface area contributed by atoms with Gasteiger partial charge in [-0.15, -0.1) is 0 Å². The summed E-state index contributed by atoms with van der Waals surface area (Å²) < 4.78 is 10.9. The molecule has 6 nitrogen and oxygen atoms in total. The van der Waals surface area contributed by atoms with Crippen molar-refractivity contribution in [2.75, 3.05) is 26.3 Å². The van der Waals surface area contributed by atoms with E-state index in [-0.39, 0.29) is 25.0 Å². The minimum Gasteiger partial charge on any atom is -0.494 e. The highest BCUT2D eigenvalue weighted by Gasteiger charge is 2.48. The monoisotopic (exact) mass is 335 g/mol. The molecule has 2 rings (SSSR count). The molecule has 1 aromatic carbocycles. The van der Waals surface area contributed by atoms with Crippen molar-refractivity contribution in [1.82, 2.24) is 4.90 Å². The van der Waals surface area contributed by atoms with Crippen LogP contribution < -0.4 is 9.47 Å². The molecule has 1 aromatic rings. The van der Waals surface area contributed by atoms with Gasteiger partial charge in [0.25, 0.3) is 5.91 Å². The Morgan fingerprint density at radius 3 is 2.25 bits per heavy atom. The summed E-state index contributed by atoms with van der Waals surface area (Å²) in [5.41, 5.74) is -0.852. The van der Waals surface area contributed by atoms with E-state index in [0.29, 0.717) is 25.3 Å². The van der Waals surface area contributed by atoms with E-state index < -0.39 is 11.4 Å². The van der Waals surface area contributed by atoms with Gasteiger partial charge in [0.2, 0.25) is 0 Å². The fourth-order valence-corrected chi connectivity index (χ4v) is 2.97. The lowest BCUT2D eigenvalue weighted by molar-refractivity contribution is -0.151. The van der Waals surface area contributed by atoms with Crippen molar-refractivity contribution in [1.29, 1.82) is 0 Å². The number of amides is 1. The van der Waals surface area contributed by atoms with E-state index in [9.17, 15) is 14.7 Å². The van der Waals surface area contributed by atoms with Crippen LogP contribution in [0.4, 0.5) is 0 Å². The number of hydrogen-bond acceptors (Lipinski definition) is 4. The summed E-state index contributed by atoms with van der Waals surface area (Å²) in [5, 5.41) is 9.53. The molecule has 0 spiro atoms. The Hall–Kier alpha value is -2.24. The van der Waals surface area contributed by atoms with Crippen LogP contribution in [0.1, 0.15) is 27.2 Å². The number of aliphatic carboxylic acids is 1. The van der Waals surface area contributed by atoms with Crippen LogP contribution in [0.5, 0.6) is 11.5 Å². The van der Waals surface area contributed by atoms with Gasteiger partial charge >= 0.3 is 5.97 Å². The standard InChI is InChI=1S/C18H25NO5/c1-4-23-14-5-7-15(8-6-14)24-11-16(20)19-10-9-18(12-19,13(2)3)17(21)22/h5-8,13H,4,9-12H2,1-3H3,(H,21,22). The molecule has 1 fully saturated rings. The highest BCUT2D eigenvalue weighted by atomic mass is 16.5. The molecule has 0 aromatic heterocycles. The Balaban J connectivity index is 1.90. The normalized spacial score (nSPS) is 20.2. The number of likely N-dealkylation sites (tertiary alicyclic amines) is 1. The van der Waals surface area contributed by atoms with E-state index in [0.717, 1.165) is 5.75 Å². The first-order valence-corrected chi connectivity index (χ1v) is 8.26. The zero-order chi connectivity index (χ0) is 17.7. The molecule has 6 heteroatoms. The van der Waals surface area contributed by atoms with Gasteiger partial charge in [-0.1, -0.05) is 13.8 Å². The van der Waals surface area contributed by atoms with Crippen molar-refractivity contribution in [3.8, 4) is 11.5 Å². The van der Waals surface area contributed by atoms with Gasteiger partial charge in [-0.2, -0.15) is 0 Å². The summed E-state index contributed by atoms with van der Waals surface area (Å²) in [6.07, 6.45) is 0.481. The molecule has 132 valence electrons. The zero-order valence-corrected chi connectivity index (χ0v) is 14.4. The second kappa shape index (κ2) is 7.55. The maximum atomic E-state index is 12.3. The highest BCUT2D eigenvalue weighted by Crippen LogP contribution is 2.38. The van der Waals surface area contributed by atoms with E-state index in [1.54, 1.807) is 29.2 Å². The lowest BCUT2D eigenvalue weighted by atomic mass is 9.76. The summed E-state index contributed by atoms with van der Waals surface area (Å²) in [6.45, 7) is 6.88. The van der Waals surface area contributed by atoms with Crippen LogP contribution >= 0.6 is 0 Å². The number of rotatable bonds is 7.